The summed E-state index contributed by atoms with van der Waals surface area (Å²) in [4.78, 5) is 31.0. The molecule has 2 N–H and O–H groups in total. The molecule has 1 heterocycles. The molecule has 0 fully saturated rings. The quantitative estimate of drug-likeness (QED) is 0.333. The molecule has 170 valence electrons. The van der Waals surface area contributed by atoms with Crippen LogP contribution < -0.4 is 10.1 Å². The Bertz CT molecular complexity index is 1050. The number of ether oxygens (including phenoxy) is 2. The summed E-state index contributed by atoms with van der Waals surface area (Å²) in [5.74, 6) is -1.32. The fraction of sp³-hybridized carbons (Fsp3) is 0.200. The maximum Gasteiger partial charge on any atom is 0.417 e. The minimum atomic E-state index is -4.52. The first-order chi connectivity index (χ1) is 15.0. The number of aromatic nitrogens is 1. The van der Waals surface area contributed by atoms with Gasteiger partial charge in [-0.05, 0) is 38.1 Å². The molecule has 2 amide bonds. The highest BCUT2D eigenvalue weighted by atomic mass is 35.5. The van der Waals surface area contributed by atoms with Crippen LogP contribution in [0.4, 0.5) is 23.7 Å². The van der Waals surface area contributed by atoms with Crippen LogP contribution in [0, 0.1) is 0 Å². The number of nitrogens with zero attached hydrogens (tertiary/aromatic N) is 2. The zero-order valence-corrected chi connectivity index (χ0v) is 17.5. The molecular weight excluding hydrogens is 455 g/mol. The van der Waals surface area contributed by atoms with Crippen molar-refractivity contribution in [3.05, 3.63) is 58.4 Å². The van der Waals surface area contributed by atoms with Crippen LogP contribution in [0.3, 0.4) is 0 Å². The first kappa shape index (κ1) is 24.7. The van der Waals surface area contributed by atoms with Gasteiger partial charge in [-0.1, -0.05) is 11.6 Å². The molecule has 1 aromatic heterocycles. The van der Waals surface area contributed by atoms with Crippen molar-refractivity contribution in [1.82, 2.24) is 10.3 Å². The monoisotopic (exact) mass is 471 g/mol. The van der Waals surface area contributed by atoms with Crippen LogP contribution >= 0.6 is 11.6 Å². The minimum Gasteiger partial charge on any atom is -0.512 e. The van der Waals surface area contributed by atoms with Gasteiger partial charge >= 0.3 is 12.3 Å². The number of halogens is 4. The third-order valence-electron chi connectivity index (χ3n) is 3.66. The van der Waals surface area contributed by atoms with Crippen LogP contribution in [-0.2, 0) is 15.7 Å². The lowest BCUT2D eigenvalue weighted by Crippen LogP contribution is -2.33. The Morgan fingerprint density at radius 2 is 2.00 bits per heavy atom. The van der Waals surface area contributed by atoms with Gasteiger partial charge in [0.05, 0.1) is 28.5 Å². The normalized spacial score (nSPS) is 12.3. The third kappa shape index (κ3) is 6.98. The van der Waals surface area contributed by atoms with Crippen LogP contribution in [0.15, 0.2) is 52.9 Å². The lowest BCUT2D eigenvalue weighted by Gasteiger charge is -2.09. The van der Waals surface area contributed by atoms with Gasteiger partial charge < -0.3 is 14.6 Å². The van der Waals surface area contributed by atoms with Crippen molar-refractivity contribution >= 4 is 35.5 Å². The molecule has 2 rings (SSSR count). The summed E-state index contributed by atoms with van der Waals surface area (Å²) in [5.41, 5.74) is -0.954. The largest absolute Gasteiger partial charge is 0.512 e. The van der Waals surface area contributed by atoms with Gasteiger partial charge in [0.15, 0.2) is 0 Å². The molecule has 1 aromatic carbocycles. The van der Waals surface area contributed by atoms with E-state index in [1.807, 2.05) is 5.32 Å². The fourth-order valence-electron chi connectivity index (χ4n) is 2.16. The zero-order valence-electron chi connectivity index (χ0n) is 16.7. The number of pyridine rings is 1. The predicted octanol–water partition coefficient (Wildman–Crippen LogP) is 5.35. The first-order valence-corrected chi connectivity index (χ1v) is 9.31. The van der Waals surface area contributed by atoms with Gasteiger partial charge in [-0.2, -0.15) is 13.2 Å². The average Bonchev–Trinajstić information content (AvgIpc) is 2.69. The average molecular weight is 472 g/mol. The lowest BCUT2D eigenvalue weighted by atomic mass is 10.2. The van der Waals surface area contributed by atoms with Crippen molar-refractivity contribution in [2.75, 3.05) is 6.61 Å². The number of alkyl halides is 3. The van der Waals surface area contributed by atoms with Crippen molar-refractivity contribution in [3.8, 4) is 11.6 Å². The van der Waals surface area contributed by atoms with E-state index in [0.29, 0.717) is 6.20 Å². The molecule has 0 atom stereocenters. The number of hydrogen-bond donors (Lipinski definition) is 2. The number of amides is 2. The molecule has 0 saturated heterocycles. The number of aliphatic imine (C=N–C) groups is 1. The number of imide groups is 1. The van der Waals surface area contributed by atoms with E-state index in [9.17, 15) is 27.9 Å². The Hall–Kier alpha value is -3.60. The summed E-state index contributed by atoms with van der Waals surface area (Å²) in [6.07, 6.45) is -3.84. The van der Waals surface area contributed by atoms with Crippen LogP contribution in [0.1, 0.15) is 19.4 Å². The van der Waals surface area contributed by atoms with Crippen LogP contribution in [0.5, 0.6) is 11.6 Å². The number of nitrogens with one attached hydrogen (secondary N) is 1. The molecule has 0 spiro atoms. The maximum atomic E-state index is 12.6. The Morgan fingerprint density at radius 3 is 2.53 bits per heavy atom. The van der Waals surface area contributed by atoms with Crippen LogP contribution in [0.2, 0.25) is 5.02 Å². The molecule has 0 aliphatic heterocycles. The summed E-state index contributed by atoms with van der Waals surface area (Å²) in [6, 6.07) is 6.05. The summed E-state index contributed by atoms with van der Waals surface area (Å²) < 4.78 is 47.8. The van der Waals surface area contributed by atoms with Gasteiger partial charge in [0.1, 0.15) is 11.5 Å². The number of aliphatic hydroxyl groups is 1. The van der Waals surface area contributed by atoms with E-state index in [0.717, 1.165) is 18.3 Å². The topological polar surface area (TPSA) is 110 Å². The van der Waals surface area contributed by atoms with E-state index in [1.54, 1.807) is 6.92 Å². The SMILES string of the molecule is CCOC(=O)NC(=O)/C(C=Nc1ccc(Oc2ccc(C(F)(F)F)cn2)c(Cl)c1)=C(\C)O. The number of rotatable bonds is 6. The smallest absolute Gasteiger partial charge is 0.417 e. The van der Waals surface area contributed by atoms with Gasteiger partial charge in [0.25, 0.3) is 5.91 Å². The molecule has 0 unspecified atom stereocenters. The molecule has 8 nitrogen and oxygen atoms in total. The Kier molecular flexibility index (Phi) is 8.19. The van der Waals surface area contributed by atoms with Gasteiger partial charge in [0, 0.05) is 18.5 Å². The first-order valence-electron chi connectivity index (χ1n) is 8.94. The summed E-state index contributed by atoms with van der Waals surface area (Å²) >= 11 is 6.12. The molecular formula is C20H17ClF3N3O5. The third-order valence-corrected chi connectivity index (χ3v) is 3.96. The number of benzene rings is 1. The van der Waals surface area contributed by atoms with Gasteiger partial charge in [-0.25, -0.2) is 9.78 Å². The van der Waals surface area contributed by atoms with Gasteiger partial charge in [-0.3, -0.25) is 15.1 Å². The lowest BCUT2D eigenvalue weighted by molar-refractivity contribution is -0.137. The van der Waals surface area contributed by atoms with E-state index in [2.05, 4.69) is 14.7 Å². The second kappa shape index (κ2) is 10.6. The van der Waals surface area contributed by atoms with Gasteiger partial charge in [-0.15, -0.1) is 0 Å². The summed E-state index contributed by atoms with van der Waals surface area (Å²) in [7, 11) is 0. The van der Waals surface area contributed by atoms with E-state index < -0.39 is 29.5 Å². The van der Waals surface area contributed by atoms with E-state index in [4.69, 9.17) is 16.3 Å². The molecule has 0 saturated carbocycles. The molecule has 32 heavy (non-hydrogen) atoms. The summed E-state index contributed by atoms with van der Waals surface area (Å²) in [6.45, 7) is 2.84. The molecule has 12 heteroatoms. The minimum absolute atomic E-state index is 0.0548. The van der Waals surface area contributed by atoms with E-state index >= 15 is 0 Å². The zero-order chi connectivity index (χ0) is 23.9. The van der Waals surface area contributed by atoms with E-state index in [-0.39, 0.29) is 34.5 Å². The Morgan fingerprint density at radius 1 is 1.28 bits per heavy atom. The molecule has 0 radical (unpaired) electrons. The maximum absolute atomic E-state index is 12.6. The second-order valence-corrected chi connectivity index (χ2v) is 6.44. The van der Waals surface area contributed by atoms with Crippen LogP contribution in [0.25, 0.3) is 0 Å². The number of carbonyl (C=O) groups excluding carboxylic acids is 2. The number of hydrogen-bond acceptors (Lipinski definition) is 7. The molecule has 0 aliphatic rings. The van der Waals surface area contributed by atoms with Crippen molar-refractivity contribution in [1.29, 1.82) is 0 Å². The second-order valence-electron chi connectivity index (χ2n) is 6.03. The van der Waals surface area contributed by atoms with E-state index in [1.165, 1.54) is 25.1 Å². The number of aliphatic hydroxyl groups excluding tert-OH is 1. The Labute approximate surface area is 185 Å². The van der Waals surface area contributed by atoms with Crippen molar-refractivity contribution in [2.24, 2.45) is 4.99 Å². The van der Waals surface area contributed by atoms with Crippen LogP contribution in [-0.4, -0.2) is 34.9 Å². The standard InChI is InChI=1S/C20H17ClF3N3O5/c1-3-31-19(30)27-18(29)14(11(2)28)10-25-13-5-6-16(15(21)8-13)32-17-7-4-12(9-26-17)20(22,23)24/h4-10,28H,3H2,1-2H3,(H,27,29,30)/b14-11+,25-10?. The number of carbonyl (C=O) groups is 2. The van der Waals surface area contributed by atoms with Crippen molar-refractivity contribution < 1.29 is 37.3 Å². The fourth-order valence-corrected chi connectivity index (χ4v) is 2.37. The van der Waals surface area contributed by atoms with Crippen molar-refractivity contribution in [3.63, 3.8) is 0 Å². The molecule has 2 aromatic rings. The molecule has 0 aliphatic carbocycles. The highest BCUT2D eigenvalue weighted by Gasteiger charge is 2.30. The van der Waals surface area contributed by atoms with Crippen molar-refractivity contribution in [2.45, 2.75) is 20.0 Å². The highest BCUT2D eigenvalue weighted by molar-refractivity contribution is 6.32. The Balaban J connectivity index is 2.13. The predicted molar refractivity (Wildman–Crippen MR) is 109 cm³/mol. The highest BCUT2D eigenvalue weighted by Crippen LogP contribution is 2.33. The number of alkyl carbamates (subject to hydrolysis) is 1. The van der Waals surface area contributed by atoms with Gasteiger partial charge in [0.2, 0.25) is 5.88 Å². The summed E-state index contributed by atoms with van der Waals surface area (Å²) in [5, 5.41) is 11.7. The number of allylic oxidation sites excluding steroid dienone is 1. The molecule has 0 bridgehead atoms.